The van der Waals surface area contributed by atoms with Crippen LogP contribution in [0.25, 0.3) is 0 Å². The first-order valence-electron chi connectivity index (χ1n) is 9.91. The number of carbonyl (C=O) groups excluding carboxylic acids is 3. The second-order valence-electron chi connectivity index (χ2n) is 6.63. The highest BCUT2D eigenvalue weighted by Gasteiger charge is 2.22. The Hall–Kier alpha value is -3.35. The van der Waals surface area contributed by atoms with E-state index in [0.717, 1.165) is 24.3 Å². The summed E-state index contributed by atoms with van der Waals surface area (Å²) in [5, 5.41) is 2.56. The first-order valence-corrected chi connectivity index (χ1v) is 9.91. The predicted octanol–water partition coefficient (Wildman–Crippen LogP) is 2.59. The monoisotopic (exact) mass is 412 g/mol. The predicted molar refractivity (Wildman–Crippen MR) is 114 cm³/mol. The first-order chi connectivity index (χ1) is 14.5. The minimum absolute atomic E-state index is 0.278. The maximum atomic E-state index is 12.2. The number of methoxy groups -OCH3 is 1. The number of amides is 1. The van der Waals surface area contributed by atoms with Crippen LogP contribution in [0.3, 0.4) is 0 Å². The lowest BCUT2D eigenvalue weighted by Crippen LogP contribution is -2.44. The van der Waals surface area contributed by atoms with Gasteiger partial charge in [0, 0.05) is 25.2 Å². The van der Waals surface area contributed by atoms with E-state index in [-0.39, 0.29) is 6.42 Å². The molecule has 160 valence electrons. The summed E-state index contributed by atoms with van der Waals surface area (Å²) in [6, 6.07) is 15.4. The molecular weight excluding hydrogens is 384 g/mol. The maximum absolute atomic E-state index is 12.2. The molecule has 2 aromatic rings. The Morgan fingerprint density at radius 3 is 2.17 bits per heavy atom. The van der Waals surface area contributed by atoms with E-state index in [1.54, 1.807) is 12.1 Å². The summed E-state index contributed by atoms with van der Waals surface area (Å²) in [7, 11) is 1.26. The zero-order valence-electron chi connectivity index (χ0n) is 17.6. The van der Waals surface area contributed by atoms with Crippen LogP contribution in [0.15, 0.2) is 54.6 Å². The molecule has 0 aromatic heterocycles. The van der Waals surface area contributed by atoms with Gasteiger partial charge in [-0.2, -0.15) is 0 Å². The fraction of sp³-hybridized carbons (Fsp3) is 0.348. The molecule has 1 N–H and O–H groups in total. The summed E-state index contributed by atoms with van der Waals surface area (Å²) in [5.41, 5.74) is 2.24. The minimum atomic E-state index is -0.864. The summed E-state index contributed by atoms with van der Waals surface area (Å²) in [5.74, 6) is -1.74. The van der Waals surface area contributed by atoms with Gasteiger partial charge in [0.2, 0.25) is 0 Å². The Kier molecular flexibility index (Phi) is 8.87. The molecule has 2 aromatic carbocycles. The van der Waals surface area contributed by atoms with Crippen LogP contribution >= 0.6 is 0 Å². The van der Waals surface area contributed by atoms with Crippen molar-refractivity contribution in [1.29, 1.82) is 0 Å². The Bertz CT molecular complexity index is 832. The number of rotatable bonds is 10. The average molecular weight is 412 g/mol. The van der Waals surface area contributed by atoms with Gasteiger partial charge in [0.15, 0.2) is 6.61 Å². The van der Waals surface area contributed by atoms with E-state index in [1.165, 1.54) is 7.11 Å². The third kappa shape index (κ3) is 6.62. The van der Waals surface area contributed by atoms with Crippen molar-refractivity contribution in [2.45, 2.75) is 26.3 Å². The van der Waals surface area contributed by atoms with Crippen LogP contribution in [0.2, 0.25) is 0 Å². The average Bonchev–Trinajstić information content (AvgIpc) is 2.78. The van der Waals surface area contributed by atoms with Crippen LogP contribution in [-0.2, 0) is 25.5 Å². The molecule has 0 saturated heterocycles. The number of hydrogen-bond acceptors (Lipinski definition) is 6. The van der Waals surface area contributed by atoms with Crippen molar-refractivity contribution in [1.82, 2.24) is 5.32 Å². The Labute approximate surface area is 177 Å². The number of nitrogens with zero attached hydrogens (tertiary/aromatic N) is 1. The summed E-state index contributed by atoms with van der Waals surface area (Å²) in [4.78, 5) is 38.6. The number of esters is 2. The lowest BCUT2D eigenvalue weighted by atomic mass is 10.1. The molecule has 0 radical (unpaired) electrons. The van der Waals surface area contributed by atoms with Crippen LogP contribution < -0.4 is 10.2 Å². The van der Waals surface area contributed by atoms with Gasteiger partial charge in [0.05, 0.1) is 12.7 Å². The molecule has 0 heterocycles. The Morgan fingerprint density at radius 2 is 1.60 bits per heavy atom. The lowest BCUT2D eigenvalue weighted by molar-refractivity contribution is -0.145. The van der Waals surface area contributed by atoms with Crippen molar-refractivity contribution >= 4 is 23.5 Å². The fourth-order valence-electron chi connectivity index (χ4n) is 3.03. The third-order valence-electron chi connectivity index (χ3n) is 4.67. The number of hydrogen-bond donors (Lipinski definition) is 1. The van der Waals surface area contributed by atoms with Gasteiger partial charge >= 0.3 is 11.9 Å². The summed E-state index contributed by atoms with van der Waals surface area (Å²) in [6.45, 7) is 5.36. The van der Waals surface area contributed by atoms with Gasteiger partial charge in [0.1, 0.15) is 6.04 Å². The normalized spacial score (nSPS) is 11.3. The van der Waals surface area contributed by atoms with Crippen molar-refractivity contribution in [2.75, 3.05) is 31.7 Å². The molecule has 0 spiro atoms. The van der Waals surface area contributed by atoms with Crippen molar-refractivity contribution in [3.63, 3.8) is 0 Å². The van der Waals surface area contributed by atoms with Gasteiger partial charge < -0.3 is 19.7 Å². The highest BCUT2D eigenvalue weighted by Crippen LogP contribution is 2.15. The SMILES string of the molecule is CCN(CC)c1ccc(C(=O)OCC(=O)N[C@H](Cc2ccccc2)C(=O)OC)cc1. The summed E-state index contributed by atoms with van der Waals surface area (Å²) < 4.78 is 9.85. The van der Waals surface area contributed by atoms with E-state index in [0.29, 0.717) is 5.56 Å². The lowest BCUT2D eigenvalue weighted by Gasteiger charge is -2.21. The Balaban J connectivity index is 1.91. The second kappa shape index (κ2) is 11.6. The van der Waals surface area contributed by atoms with Crippen molar-refractivity contribution in [3.05, 3.63) is 65.7 Å². The van der Waals surface area contributed by atoms with E-state index in [4.69, 9.17) is 9.47 Å². The van der Waals surface area contributed by atoms with Crippen LogP contribution in [0, 0.1) is 0 Å². The molecule has 0 aliphatic carbocycles. The molecule has 0 aliphatic heterocycles. The molecular formula is C23H28N2O5. The first kappa shape index (κ1) is 22.9. The summed E-state index contributed by atoms with van der Waals surface area (Å²) in [6.07, 6.45) is 0.278. The van der Waals surface area contributed by atoms with Gasteiger partial charge in [0.25, 0.3) is 5.91 Å². The van der Waals surface area contributed by atoms with Crippen LogP contribution in [-0.4, -0.2) is 50.7 Å². The van der Waals surface area contributed by atoms with Gasteiger partial charge in [-0.25, -0.2) is 9.59 Å². The van der Waals surface area contributed by atoms with Gasteiger partial charge in [-0.3, -0.25) is 4.79 Å². The molecule has 0 bridgehead atoms. The third-order valence-corrected chi connectivity index (χ3v) is 4.67. The number of benzene rings is 2. The second-order valence-corrected chi connectivity index (χ2v) is 6.63. The maximum Gasteiger partial charge on any atom is 0.338 e. The highest BCUT2D eigenvalue weighted by molar-refractivity contribution is 5.92. The molecule has 1 amide bonds. The molecule has 30 heavy (non-hydrogen) atoms. The fourth-order valence-corrected chi connectivity index (χ4v) is 3.03. The Morgan fingerprint density at radius 1 is 0.967 bits per heavy atom. The quantitative estimate of drug-likeness (QED) is 0.604. The molecule has 7 nitrogen and oxygen atoms in total. The van der Waals surface area contributed by atoms with Crippen LogP contribution in [0.4, 0.5) is 5.69 Å². The molecule has 7 heteroatoms. The number of anilines is 1. The standard InChI is InChI=1S/C23H28N2O5/c1-4-25(5-2)19-13-11-18(12-14-19)22(27)30-16-21(26)24-20(23(28)29-3)15-17-9-7-6-8-10-17/h6-14,20H,4-5,15-16H2,1-3H3,(H,24,26)/t20-/m1/s1. The molecule has 0 unspecified atom stereocenters. The van der Waals surface area contributed by atoms with E-state index in [2.05, 4.69) is 24.1 Å². The van der Waals surface area contributed by atoms with E-state index >= 15 is 0 Å². The smallest absolute Gasteiger partial charge is 0.338 e. The van der Waals surface area contributed by atoms with Gasteiger partial charge in [-0.05, 0) is 43.7 Å². The molecule has 2 rings (SSSR count). The molecule has 0 fully saturated rings. The highest BCUT2D eigenvalue weighted by atomic mass is 16.5. The summed E-state index contributed by atoms with van der Waals surface area (Å²) >= 11 is 0. The minimum Gasteiger partial charge on any atom is -0.467 e. The number of carbonyl (C=O) groups is 3. The van der Waals surface area contributed by atoms with Crippen molar-refractivity contribution in [2.24, 2.45) is 0 Å². The van der Waals surface area contributed by atoms with E-state index in [9.17, 15) is 14.4 Å². The van der Waals surface area contributed by atoms with E-state index in [1.807, 2.05) is 42.5 Å². The number of ether oxygens (including phenoxy) is 2. The number of nitrogens with one attached hydrogen (secondary N) is 1. The van der Waals surface area contributed by atoms with Gasteiger partial charge in [-0.1, -0.05) is 30.3 Å². The topological polar surface area (TPSA) is 84.9 Å². The molecule has 1 atom stereocenters. The largest absolute Gasteiger partial charge is 0.467 e. The van der Waals surface area contributed by atoms with Crippen LogP contribution in [0.1, 0.15) is 29.8 Å². The van der Waals surface area contributed by atoms with E-state index < -0.39 is 30.5 Å². The molecule has 0 aliphatic rings. The van der Waals surface area contributed by atoms with Gasteiger partial charge in [-0.15, -0.1) is 0 Å². The van der Waals surface area contributed by atoms with Crippen molar-refractivity contribution < 1.29 is 23.9 Å². The zero-order chi connectivity index (χ0) is 21.9. The van der Waals surface area contributed by atoms with Crippen molar-refractivity contribution in [3.8, 4) is 0 Å². The zero-order valence-corrected chi connectivity index (χ0v) is 17.6. The van der Waals surface area contributed by atoms with Crippen LogP contribution in [0.5, 0.6) is 0 Å². The molecule has 0 saturated carbocycles.